The lowest BCUT2D eigenvalue weighted by Crippen LogP contribution is -2.35. The van der Waals surface area contributed by atoms with E-state index in [1.807, 2.05) is 36.4 Å². The molecule has 30 heavy (non-hydrogen) atoms. The van der Waals surface area contributed by atoms with Crippen LogP contribution in [0.1, 0.15) is 10.4 Å². The van der Waals surface area contributed by atoms with Crippen molar-refractivity contribution in [3.8, 4) is 5.75 Å². The maximum absolute atomic E-state index is 13.0. The van der Waals surface area contributed by atoms with E-state index in [1.165, 1.54) is 4.90 Å². The fourth-order valence-electron chi connectivity index (χ4n) is 2.85. The molecule has 0 saturated carbocycles. The van der Waals surface area contributed by atoms with E-state index in [-0.39, 0.29) is 18.4 Å². The van der Waals surface area contributed by atoms with Crippen molar-refractivity contribution in [1.29, 1.82) is 0 Å². The molecule has 0 unspecified atom stereocenters. The Hall–Kier alpha value is -3.51. The van der Waals surface area contributed by atoms with Gasteiger partial charge in [0.2, 0.25) is 5.91 Å². The summed E-state index contributed by atoms with van der Waals surface area (Å²) in [5.74, 6) is 0.134. The Morgan fingerprint density at radius 3 is 2.23 bits per heavy atom. The maximum atomic E-state index is 13.0. The molecule has 0 saturated heterocycles. The summed E-state index contributed by atoms with van der Waals surface area (Å²) in [5.41, 5.74) is 2.43. The lowest BCUT2D eigenvalue weighted by molar-refractivity contribution is -0.116. The van der Waals surface area contributed by atoms with Gasteiger partial charge in [-0.3, -0.25) is 9.59 Å². The molecular weight excluding hydrogens is 402 g/mol. The number of halogens is 1. The van der Waals surface area contributed by atoms with E-state index in [0.717, 1.165) is 11.4 Å². The highest BCUT2D eigenvalue weighted by molar-refractivity contribution is 6.33. The maximum Gasteiger partial charge on any atom is 0.256 e. The quantitative estimate of drug-likeness (QED) is 0.572. The van der Waals surface area contributed by atoms with E-state index >= 15 is 0 Å². The minimum Gasteiger partial charge on any atom is -0.497 e. The molecule has 0 aromatic heterocycles. The number of likely N-dealkylation sites (N-methyl/N-ethyl adjacent to an activating group) is 1. The topological polar surface area (TPSA) is 70.7 Å². The van der Waals surface area contributed by atoms with Crippen molar-refractivity contribution in [2.45, 2.75) is 0 Å². The van der Waals surface area contributed by atoms with Gasteiger partial charge in [0.25, 0.3) is 5.91 Å². The van der Waals surface area contributed by atoms with Crippen LogP contribution in [0.15, 0.2) is 72.8 Å². The number of rotatable bonds is 7. The lowest BCUT2D eigenvalue weighted by Gasteiger charge is -2.19. The van der Waals surface area contributed by atoms with Crippen LogP contribution in [0, 0.1) is 0 Å². The first-order valence-corrected chi connectivity index (χ1v) is 9.65. The molecule has 0 atom stereocenters. The highest BCUT2D eigenvalue weighted by Gasteiger charge is 2.18. The Labute approximate surface area is 180 Å². The predicted molar refractivity (Wildman–Crippen MR) is 120 cm³/mol. The first-order valence-electron chi connectivity index (χ1n) is 9.28. The number of amides is 2. The van der Waals surface area contributed by atoms with Crippen LogP contribution in [0.3, 0.4) is 0 Å². The minimum absolute atomic E-state index is 0.110. The number of carbonyl (C=O) groups is 2. The van der Waals surface area contributed by atoms with Gasteiger partial charge in [0.1, 0.15) is 5.75 Å². The molecule has 0 fully saturated rings. The standard InChI is InChI=1S/C23H22ClN3O3/c1-27(15-22(28)26-21-10-6-4-8-19(21)24)23(29)18-7-3-5-9-20(18)25-16-11-13-17(30-2)14-12-16/h3-14,25H,15H2,1-2H3,(H,26,28). The normalized spacial score (nSPS) is 10.2. The second-order valence-electron chi connectivity index (χ2n) is 6.59. The number of ether oxygens (including phenoxy) is 1. The number of methoxy groups -OCH3 is 1. The van der Waals surface area contributed by atoms with Crippen LogP contribution in [0.25, 0.3) is 0 Å². The van der Waals surface area contributed by atoms with Crippen LogP contribution in [0.4, 0.5) is 17.1 Å². The zero-order chi connectivity index (χ0) is 21.5. The molecule has 0 radical (unpaired) electrons. The van der Waals surface area contributed by atoms with Crippen molar-refractivity contribution < 1.29 is 14.3 Å². The molecule has 154 valence electrons. The molecule has 0 bridgehead atoms. The molecular formula is C23H22ClN3O3. The molecule has 6 nitrogen and oxygen atoms in total. The summed E-state index contributed by atoms with van der Waals surface area (Å²) in [4.78, 5) is 26.7. The lowest BCUT2D eigenvalue weighted by atomic mass is 10.1. The number of carbonyl (C=O) groups excluding carboxylic acids is 2. The van der Waals surface area contributed by atoms with Crippen molar-refractivity contribution in [3.05, 3.63) is 83.4 Å². The Morgan fingerprint density at radius 1 is 0.933 bits per heavy atom. The minimum atomic E-state index is -0.334. The number of hydrogen-bond acceptors (Lipinski definition) is 4. The second kappa shape index (κ2) is 9.80. The van der Waals surface area contributed by atoms with Gasteiger partial charge in [-0.2, -0.15) is 0 Å². The number of nitrogens with one attached hydrogen (secondary N) is 2. The zero-order valence-electron chi connectivity index (χ0n) is 16.7. The number of para-hydroxylation sites is 2. The van der Waals surface area contributed by atoms with Gasteiger partial charge >= 0.3 is 0 Å². The average molecular weight is 424 g/mol. The molecule has 2 N–H and O–H groups in total. The van der Waals surface area contributed by atoms with E-state index in [1.54, 1.807) is 50.6 Å². The second-order valence-corrected chi connectivity index (χ2v) is 7.00. The van der Waals surface area contributed by atoms with E-state index < -0.39 is 0 Å². The van der Waals surface area contributed by atoms with Crippen molar-refractivity contribution >= 4 is 40.5 Å². The van der Waals surface area contributed by atoms with Gasteiger partial charge in [0.05, 0.1) is 35.6 Å². The van der Waals surface area contributed by atoms with Gasteiger partial charge in [0.15, 0.2) is 0 Å². The van der Waals surface area contributed by atoms with Crippen molar-refractivity contribution in [1.82, 2.24) is 4.90 Å². The molecule has 3 aromatic rings. The van der Waals surface area contributed by atoms with Crippen LogP contribution in [-0.2, 0) is 4.79 Å². The van der Waals surface area contributed by atoms with Crippen LogP contribution < -0.4 is 15.4 Å². The summed E-state index contributed by atoms with van der Waals surface area (Å²) >= 11 is 6.07. The summed E-state index contributed by atoms with van der Waals surface area (Å²) in [7, 11) is 3.19. The molecule has 0 aliphatic rings. The highest BCUT2D eigenvalue weighted by atomic mass is 35.5. The third-order valence-electron chi connectivity index (χ3n) is 4.40. The Bertz CT molecular complexity index is 1040. The Balaban J connectivity index is 1.69. The monoisotopic (exact) mass is 423 g/mol. The van der Waals surface area contributed by atoms with Crippen molar-refractivity contribution in [3.63, 3.8) is 0 Å². The summed E-state index contributed by atoms with van der Waals surface area (Å²) in [5, 5.41) is 6.40. The van der Waals surface area contributed by atoms with Crippen molar-refractivity contribution in [2.24, 2.45) is 0 Å². The number of nitrogens with zero attached hydrogens (tertiary/aromatic N) is 1. The summed E-state index contributed by atoms with van der Waals surface area (Å²) < 4.78 is 5.17. The first-order chi connectivity index (χ1) is 14.5. The third-order valence-corrected chi connectivity index (χ3v) is 4.73. The molecule has 0 heterocycles. The van der Waals surface area contributed by atoms with Crippen LogP contribution in [-0.4, -0.2) is 37.4 Å². The van der Waals surface area contributed by atoms with Crippen LogP contribution in [0.2, 0.25) is 5.02 Å². The first kappa shape index (κ1) is 21.2. The summed E-state index contributed by atoms with van der Waals surface area (Å²) in [6.07, 6.45) is 0. The molecule has 2 amide bonds. The molecule has 3 aromatic carbocycles. The van der Waals surface area contributed by atoms with Gasteiger partial charge in [-0.05, 0) is 48.5 Å². The summed E-state index contributed by atoms with van der Waals surface area (Å²) in [6.45, 7) is -0.110. The molecule has 0 aliphatic heterocycles. The molecule has 0 aliphatic carbocycles. The van der Waals surface area contributed by atoms with Gasteiger partial charge in [0, 0.05) is 12.7 Å². The predicted octanol–water partition coefficient (Wildman–Crippen LogP) is 4.80. The number of benzene rings is 3. The van der Waals surface area contributed by atoms with Gasteiger partial charge in [-0.25, -0.2) is 0 Å². The number of hydrogen-bond donors (Lipinski definition) is 2. The van der Waals surface area contributed by atoms with E-state index in [9.17, 15) is 9.59 Å². The van der Waals surface area contributed by atoms with E-state index in [2.05, 4.69) is 10.6 Å². The fourth-order valence-corrected chi connectivity index (χ4v) is 3.04. The van der Waals surface area contributed by atoms with Gasteiger partial charge in [-0.1, -0.05) is 35.9 Å². The van der Waals surface area contributed by atoms with Gasteiger partial charge in [-0.15, -0.1) is 0 Å². The number of anilines is 3. The highest BCUT2D eigenvalue weighted by Crippen LogP contribution is 2.24. The smallest absolute Gasteiger partial charge is 0.256 e. The van der Waals surface area contributed by atoms with E-state index in [0.29, 0.717) is 22.0 Å². The molecule has 3 rings (SSSR count). The SMILES string of the molecule is COc1ccc(Nc2ccccc2C(=O)N(C)CC(=O)Nc2ccccc2Cl)cc1. The Kier molecular flexibility index (Phi) is 6.93. The largest absolute Gasteiger partial charge is 0.497 e. The summed E-state index contributed by atoms with van der Waals surface area (Å²) in [6, 6.07) is 21.5. The molecule has 7 heteroatoms. The van der Waals surface area contributed by atoms with E-state index in [4.69, 9.17) is 16.3 Å². The van der Waals surface area contributed by atoms with Crippen LogP contribution >= 0.6 is 11.6 Å². The fraction of sp³-hybridized carbons (Fsp3) is 0.130. The third kappa shape index (κ3) is 5.30. The van der Waals surface area contributed by atoms with Gasteiger partial charge < -0.3 is 20.3 Å². The van der Waals surface area contributed by atoms with Crippen molar-refractivity contribution in [2.75, 3.05) is 31.3 Å². The molecule has 0 spiro atoms. The Morgan fingerprint density at radius 2 is 1.57 bits per heavy atom. The van der Waals surface area contributed by atoms with Crippen LogP contribution in [0.5, 0.6) is 5.75 Å². The zero-order valence-corrected chi connectivity index (χ0v) is 17.4. The average Bonchev–Trinajstić information content (AvgIpc) is 2.75.